The zero-order valence-corrected chi connectivity index (χ0v) is 7.71. The van der Waals surface area contributed by atoms with E-state index in [9.17, 15) is 0 Å². The second kappa shape index (κ2) is 3.16. The molecule has 2 heterocycles. The molecule has 1 aliphatic heterocycles. The largest absolute Gasteiger partial charge is 0.466 e. The number of nitrogens with zero attached hydrogens (tertiary/aromatic N) is 4. The maximum atomic E-state index is 5.41. The second-order valence-electron chi connectivity index (χ2n) is 3.01. The first-order valence-electron chi connectivity index (χ1n) is 4.45. The summed E-state index contributed by atoms with van der Waals surface area (Å²) in [5.74, 6) is 1.08. The zero-order chi connectivity index (χ0) is 10.1. The Bertz CT molecular complexity index is 589. The van der Waals surface area contributed by atoms with Crippen LogP contribution in [0.3, 0.4) is 0 Å². The Morgan fingerprint density at radius 3 is 3.07 bits per heavy atom. The summed E-state index contributed by atoms with van der Waals surface area (Å²) >= 11 is 0. The molecule has 1 aliphatic rings. The number of benzene rings is 1. The van der Waals surface area contributed by atoms with Crippen molar-refractivity contribution in [3.63, 3.8) is 0 Å². The molecule has 3 rings (SSSR count). The summed E-state index contributed by atoms with van der Waals surface area (Å²) in [4.78, 5) is 4.22. The van der Waals surface area contributed by atoms with E-state index < -0.39 is 0 Å². The second-order valence-corrected chi connectivity index (χ2v) is 3.01. The molecule has 0 bridgehead atoms. The van der Waals surface area contributed by atoms with E-state index in [1.165, 1.54) is 0 Å². The van der Waals surface area contributed by atoms with Crippen LogP contribution in [0.1, 0.15) is 5.82 Å². The lowest BCUT2D eigenvalue weighted by molar-refractivity contribution is 0.273. The topological polar surface area (TPSA) is 76.1 Å². The van der Waals surface area contributed by atoms with Gasteiger partial charge in [-0.25, -0.2) is 4.99 Å². The van der Waals surface area contributed by atoms with E-state index in [0.717, 1.165) is 10.6 Å². The first-order valence-corrected chi connectivity index (χ1v) is 4.45. The van der Waals surface area contributed by atoms with Crippen LogP contribution in [-0.2, 0) is 4.74 Å². The number of H-pyrrole nitrogens is 1. The first-order chi connectivity index (χ1) is 7.45. The van der Waals surface area contributed by atoms with Crippen LogP contribution >= 0.6 is 0 Å². The highest BCUT2D eigenvalue weighted by Gasteiger charge is 2.12. The van der Waals surface area contributed by atoms with Crippen LogP contribution in [0.4, 0.5) is 0 Å². The van der Waals surface area contributed by atoms with E-state index in [-0.39, 0.29) is 0 Å². The summed E-state index contributed by atoms with van der Waals surface area (Å²) in [5, 5.41) is 15.5. The number of hydrogen-bond acceptors (Lipinski definition) is 5. The van der Waals surface area contributed by atoms with Gasteiger partial charge in [0.2, 0.25) is 5.82 Å². The quantitative estimate of drug-likeness (QED) is 0.639. The molecule has 1 aromatic heterocycles. The molecule has 0 saturated heterocycles. The van der Waals surface area contributed by atoms with E-state index in [1.807, 2.05) is 24.3 Å². The number of nitrogens with one attached hydrogen (secondary N) is 1. The smallest absolute Gasteiger partial charge is 0.239 e. The fourth-order valence-corrected chi connectivity index (χ4v) is 1.49. The van der Waals surface area contributed by atoms with E-state index >= 15 is 0 Å². The molecule has 0 radical (unpaired) electrons. The molecule has 0 unspecified atom stereocenters. The van der Waals surface area contributed by atoms with Crippen molar-refractivity contribution in [2.24, 2.45) is 4.99 Å². The molecule has 0 atom stereocenters. The predicted octanol–water partition coefficient (Wildman–Crippen LogP) is -1.04. The molecule has 0 spiro atoms. The lowest BCUT2D eigenvalue weighted by atomic mass is 10.2. The SMILES string of the molecule is c1ccc2c(c1)=NCOC=2c1nn[nH]n1. The van der Waals surface area contributed by atoms with Gasteiger partial charge >= 0.3 is 0 Å². The van der Waals surface area contributed by atoms with Gasteiger partial charge in [0.25, 0.3) is 0 Å². The Morgan fingerprint density at radius 1 is 1.27 bits per heavy atom. The highest BCUT2D eigenvalue weighted by atomic mass is 16.5. The van der Waals surface area contributed by atoms with Gasteiger partial charge in [-0.3, -0.25) is 0 Å². The third kappa shape index (κ3) is 1.26. The lowest BCUT2D eigenvalue weighted by Gasteiger charge is -2.08. The van der Waals surface area contributed by atoms with Gasteiger partial charge in [0.05, 0.1) is 5.36 Å². The fraction of sp³-hybridized carbons (Fsp3) is 0.111. The van der Waals surface area contributed by atoms with Crippen LogP contribution in [0.25, 0.3) is 5.76 Å². The van der Waals surface area contributed by atoms with Gasteiger partial charge in [-0.1, -0.05) is 12.1 Å². The van der Waals surface area contributed by atoms with Crippen LogP contribution in [-0.4, -0.2) is 27.4 Å². The molecule has 74 valence electrons. The molecule has 15 heavy (non-hydrogen) atoms. The van der Waals surface area contributed by atoms with Gasteiger partial charge in [0, 0.05) is 5.22 Å². The van der Waals surface area contributed by atoms with Gasteiger partial charge < -0.3 is 4.74 Å². The van der Waals surface area contributed by atoms with Crippen molar-refractivity contribution in [1.29, 1.82) is 0 Å². The molecular weight excluding hydrogens is 194 g/mol. The maximum Gasteiger partial charge on any atom is 0.239 e. The fourth-order valence-electron chi connectivity index (χ4n) is 1.49. The van der Waals surface area contributed by atoms with Crippen molar-refractivity contribution in [1.82, 2.24) is 20.6 Å². The summed E-state index contributed by atoms with van der Waals surface area (Å²) in [6, 6.07) is 7.70. The van der Waals surface area contributed by atoms with Crippen molar-refractivity contribution in [3.05, 3.63) is 40.7 Å². The number of aromatic amines is 1. The number of rotatable bonds is 1. The Hall–Kier alpha value is -2.24. The van der Waals surface area contributed by atoms with Gasteiger partial charge in [0.15, 0.2) is 12.5 Å². The van der Waals surface area contributed by atoms with Crippen molar-refractivity contribution in [2.45, 2.75) is 0 Å². The molecule has 0 fully saturated rings. The van der Waals surface area contributed by atoms with Gasteiger partial charge in [0.1, 0.15) is 0 Å². The molecule has 1 N–H and O–H groups in total. The summed E-state index contributed by atoms with van der Waals surface area (Å²) < 4.78 is 5.41. The minimum atomic E-state index is 0.293. The Morgan fingerprint density at radius 2 is 2.20 bits per heavy atom. The molecule has 2 aromatic rings. The van der Waals surface area contributed by atoms with E-state index in [0.29, 0.717) is 18.3 Å². The number of hydrogen-bond donors (Lipinski definition) is 1. The average Bonchev–Trinajstić information content (AvgIpc) is 2.82. The number of fused-ring (bicyclic) bond motifs is 1. The minimum Gasteiger partial charge on any atom is -0.466 e. The van der Waals surface area contributed by atoms with Crippen molar-refractivity contribution in [2.75, 3.05) is 6.73 Å². The normalized spacial score (nSPS) is 14.0. The number of para-hydroxylation sites is 1. The highest BCUT2D eigenvalue weighted by molar-refractivity contribution is 5.52. The van der Waals surface area contributed by atoms with Crippen LogP contribution in [0.5, 0.6) is 0 Å². The highest BCUT2D eigenvalue weighted by Crippen LogP contribution is 2.05. The summed E-state index contributed by atoms with van der Waals surface area (Å²) in [7, 11) is 0. The molecule has 6 nitrogen and oxygen atoms in total. The van der Waals surface area contributed by atoms with Gasteiger partial charge in [-0.05, 0) is 17.3 Å². The third-order valence-corrected chi connectivity index (χ3v) is 2.14. The van der Waals surface area contributed by atoms with E-state index in [1.54, 1.807) is 0 Å². The molecule has 1 aromatic carbocycles. The van der Waals surface area contributed by atoms with Crippen LogP contribution in [0.2, 0.25) is 0 Å². The summed E-state index contributed by atoms with van der Waals surface area (Å²) in [6.07, 6.45) is 0. The number of ether oxygens (including phenoxy) is 1. The predicted molar refractivity (Wildman–Crippen MR) is 49.9 cm³/mol. The van der Waals surface area contributed by atoms with Crippen molar-refractivity contribution >= 4 is 5.76 Å². The minimum absolute atomic E-state index is 0.293. The molecule has 6 heteroatoms. The standard InChI is InChI=1S/C9H7N5O/c1-2-4-7-6(3-1)8(15-5-10-7)9-11-13-14-12-9/h1-4H,5H2,(H,11,12,13,14). The van der Waals surface area contributed by atoms with Gasteiger partial charge in [-0.15, -0.1) is 10.2 Å². The maximum absolute atomic E-state index is 5.41. The number of tetrazole rings is 1. The molecule has 0 amide bonds. The van der Waals surface area contributed by atoms with E-state index in [4.69, 9.17) is 4.74 Å². The third-order valence-electron chi connectivity index (χ3n) is 2.14. The Kier molecular flexibility index (Phi) is 1.71. The van der Waals surface area contributed by atoms with Crippen LogP contribution in [0.15, 0.2) is 29.3 Å². The van der Waals surface area contributed by atoms with Gasteiger partial charge in [-0.2, -0.15) is 5.21 Å². The molecule has 0 aliphatic carbocycles. The molecular formula is C9H7N5O. The lowest BCUT2D eigenvalue weighted by Crippen LogP contribution is -2.32. The summed E-state index contributed by atoms with van der Waals surface area (Å²) in [5.41, 5.74) is 0. The first kappa shape index (κ1) is 8.10. The van der Waals surface area contributed by atoms with Crippen LogP contribution < -0.4 is 10.6 Å². The van der Waals surface area contributed by atoms with Crippen molar-refractivity contribution in [3.8, 4) is 0 Å². The zero-order valence-electron chi connectivity index (χ0n) is 7.71. The monoisotopic (exact) mass is 201 g/mol. The number of aromatic nitrogens is 4. The molecule has 0 saturated carbocycles. The Labute approximate surface area is 84.3 Å². The van der Waals surface area contributed by atoms with Crippen molar-refractivity contribution < 1.29 is 4.74 Å². The Balaban J connectivity index is 2.37. The van der Waals surface area contributed by atoms with Crippen LogP contribution in [0, 0.1) is 0 Å². The summed E-state index contributed by atoms with van der Waals surface area (Å²) in [6.45, 7) is 0.293. The average molecular weight is 201 g/mol. The van der Waals surface area contributed by atoms with E-state index in [2.05, 4.69) is 25.6 Å².